The number of unbranched alkanes of at least 4 members (excludes halogenated alkanes) is 1. The molecule has 0 aliphatic heterocycles. The molecule has 3 aromatic heterocycles. The second-order valence-electron chi connectivity index (χ2n) is 10.6. The molecule has 1 aliphatic carbocycles. The third-order valence-electron chi connectivity index (χ3n) is 8.03. The Labute approximate surface area is 218 Å². The fraction of sp³-hybridized carbons (Fsp3) is 0.483. The summed E-state index contributed by atoms with van der Waals surface area (Å²) >= 11 is 0. The standard InChI is InChI=1S/C29H37N7O/c1-5-7-10-22-18-36(27-21(6-2)15-25(27)19(3)4)29(37)35(22)17-20-13-14-26(30-16-20)23-11-8-9-12-24(23)28-31-33-34-32-28/h8-9,11-14,16,18-19,21,25,27H,5-7,10,15,17H2,1-4H3,(H,31,32,33,34). The largest absolute Gasteiger partial charge is 0.328 e. The third kappa shape index (κ3) is 4.89. The third-order valence-corrected chi connectivity index (χ3v) is 8.03. The van der Waals surface area contributed by atoms with Crippen LogP contribution in [0.15, 0.2) is 53.6 Å². The van der Waals surface area contributed by atoms with Gasteiger partial charge >= 0.3 is 5.69 Å². The Morgan fingerprint density at radius 3 is 2.57 bits per heavy atom. The first-order valence-electron chi connectivity index (χ1n) is 13.6. The van der Waals surface area contributed by atoms with Crippen molar-refractivity contribution in [1.82, 2.24) is 34.7 Å². The topological polar surface area (TPSA) is 94.3 Å². The van der Waals surface area contributed by atoms with Gasteiger partial charge < -0.3 is 0 Å². The van der Waals surface area contributed by atoms with Gasteiger partial charge in [-0.1, -0.05) is 70.9 Å². The number of aromatic nitrogens is 7. The molecule has 1 aliphatic rings. The number of pyridine rings is 1. The molecule has 1 N–H and O–H groups in total. The van der Waals surface area contributed by atoms with Crippen LogP contribution in [0.4, 0.5) is 0 Å². The molecule has 0 amide bonds. The van der Waals surface area contributed by atoms with Crippen LogP contribution in [0, 0.1) is 17.8 Å². The Balaban J connectivity index is 1.44. The van der Waals surface area contributed by atoms with Crippen LogP contribution < -0.4 is 5.69 Å². The Bertz CT molecular complexity index is 1370. The molecule has 3 atom stereocenters. The van der Waals surface area contributed by atoms with Crippen LogP contribution in [0.1, 0.15) is 70.7 Å². The first kappa shape index (κ1) is 25.1. The minimum Gasteiger partial charge on any atom is -0.295 e. The zero-order valence-corrected chi connectivity index (χ0v) is 22.3. The highest BCUT2D eigenvalue weighted by Gasteiger charge is 2.43. The quantitative estimate of drug-likeness (QED) is 0.310. The lowest BCUT2D eigenvalue weighted by molar-refractivity contribution is 0.0391. The second kappa shape index (κ2) is 10.8. The number of hydrogen-bond acceptors (Lipinski definition) is 5. The van der Waals surface area contributed by atoms with Crippen LogP contribution >= 0.6 is 0 Å². The summed E-state index contributed by atoms with van der Waals surface area (Å²) in [5.41, 5.74) is 4.91. The summed E-state index contributed by atoms with van der Waals surface area (Å²) in [4.78, 5) is 18.5. The zero-order chi connectivity index (χ0) is 25.9. The smallest absolute Gasteiger partial charge is 0.295 e. The number of H-pyrrole nitrogens is 1. The summed E-state index contributed by atoms with van der Waals surface area (Å²) < 4.78 is 4.04. The van der Waals surface area contributed by atoms with Crippen molar-refractivity contribution in [2.45, 2.75) is 72.4 Å². The first-order valence-corrected chi connectivity index (χ1v) is 13.6. The zero-order valence-electron chi connectivity index (χ0n) is 22.3. The van der Waals surface area contributed by atoms with Gasteiger partial charge in [0.1, 0.15) is 0 Å². The number of aryl methyl sites for hydroxylation is 1. The SMILES string of the molecule is CCCCc1cn(C2C(CC)CC2C(C)C)c(=O)n1Cc1ccc(-c2ccccc2-c2nn[nH]n2)nc1. The fourth-order valence-corrected chi connectivity index (χ4v) is 5.82. The van der Waals surface area contributed by atoms with E-state index in [9.17, 15) is 4.79 Å². The minimum absolute atomic E-state index is 0.117. The van der Waals surface area contributed by atoms with Crippen LogP contribution in [0.2, 0.25) is 0 Å². The lowest BCUT2D eigenvalue weighted by atomic mass is 9.64. The summed E-state index contributed by atoms with van der Waals surface area (Å²) in [6.45, 7) is 9.54. The number of rotatable bonds is 10. The van der Waals surface area contributed by atoms with Gasteiger partial charge in [0.05, 0.1) is 12.2 Å². The van der Waals surface area contributed by atoms with Gasteiger partial charge in [0, 0.05) is 35.3 Å². The molecule has 194 valence electrons. The summed E-state index contributed by atoms with van der Waals surface area (Å²) in [6, 6.07) is 12.3. The average Bonchev–Trinajstić information content (AvgIpc) is 3.52. The number of tetrazole rings is 1. The molecule has 1 saturated carbocycles. The molecule has 8 nitrogen and oxygen atoms in total. The number of aromatic amines is 1. The highest BCUT2D eigenvalue weighted by Crippen LogP contribution is 2.49. The normalized spacial score (nSPS) is 19.3. The molecule has 1 aromatic carbocycles. The Morgan fingerprint density at radius 1 is 1.11 bits per heavy atom. The molecule has 3 heterocycles. The molecular formula is C29H37N7O. The molecule has 37 heavy (non-hydrogen) atoms. The van der Waals surface area contributed by atoms with Gasteiger partial charge in [-0.25, -0.2) is 4.79 Å². The van der Waals surface area contributed by atoms with Gasteiger partial charge in [0.25, 0.3) is 0 Å². The van der Waals surface area contributed by atoms with Gasteiger partial charge in [0.15, 0.2) is 0 Å². The van der Waals surface area contributed by atoms with E-state index in [1.807, 2.05) is 41.1 Å². The monoisotopic (exact) mass is 499 g/mol. The minimum atomic E-state index is 0.117. The summed E-state index contributed by atoms with van der Waals surface area (Å²) in [6.07, 6.45) is 9.46. The van der Waals surface area contributed by atoms with Gasteiger partial charge in [-0.05, 0) is 53.9 Å². The molecule has 1 fully saturated rings. The Morgan fingerprint density at radius 2 is 1.92 bits per heavy atom. The van der Waals surface area contributed by atoms with E-state index < -0.39 is 0 Å². The first-order chi connectivity index (χ1) is 18.0. The van der Waals surface area contributed by atoms with Gasteiger partial charge in [0.2, 0.25) is 5.82 Å². The van der Waals surface area contributed by atoms with Crippen molar-refractivity contribution in [2.24, 2.45) is 17.8 Å². The van der Waals surface area contributed by atoms with Gasteiger partial charge in [-0.15, -0.1) is 10.2 Å². The number of nitrogens with one attached hydrogen (secondary N) is 1. The molecule has 0 saturated heterocycles. The van der Waals surface area contributed by atoms with Crippen molar-refractivity contribution in [3.63, 3.8) is 0 Å². The van der Waals surface area contributed by atoms with E-state index in [4.69, 9.17) is 4.98 Å². The van der Waals surface area contributed by atoms with Crippen LogP contribution in [0.5, 0.6) is 0 Å². The van der Waals surface area contributed by atoms with Crippen molar-refractivity contribution < 1.29 is 0 Å². The van der Waals surface area contributed by atoms with E-state index >= 15 is 0 Å². The predicted molar refractivity (Wildman–Crippen MR) is 145 cm³/mol. The van der Waals surface area contributed by atoms with Gasteiger partial charge in [-0.3, -0.25) is 14.1 Å². The van der Waals surface area contributed by atoms with Crippen LogP contribution in [0.25, 0.3) is 22.6 Å². The van der Waals surface area contributed by atoms with Gasteiger partial charge in [-0.2, -0.15) is 5.21 Å². The lowest BCUT2D eigenvalue weighted by Crippen LogP contribution is -2.45. The number of benzene rings is 1. The maximum Gasteiger partial charge on any atom is 0.328 e. The van der Waals surface area contributed by atoms with E-state index in [-0.39, 0.29) is 5.69 Å². The van der Waals surface area contributed by atoms with E-state index in [0.29, 0.717) is 36.2 Å². The highest BCUT2D eigenvalue weighted by molar-refractivity contribution is 5.78. The van der Waals surface area contributed by atoms with Crippen molar-refractivity contribution in [2.75, 3.05) is 0 Å². The van der Waals surface area contributed by atoms with Crippen LogP contribution in [0.3, 0.4) is 0 Å². The number of hydrogen-bond donors (Lipinski definition) is 1. The molecule has 0 spiro atoms. The molecule has 8 heteroatoms. The average molecular weight is 500 g/mol. The molecule has 0 bridgehead atoms. The van der Waals surface area contributed by atoms with E-state index in [1.54, 1.807) is 0 Å². The second-order valence-corrected chi connectivity index (χ2v) is 10.6. The Hall–Kier alpha value is -3.55. The summed E-state index contributed by atoms with van der Waals surface area (Å²) in [7, 11) is 0. The van der Waals surface area contributed by atoms with Crippen LogP contribution in [-0.4, -0.2) is 34.7 Å². The predicted octanol–water partition coefficient (Wildman–Crippen LogP) is 5.53. The molecular weight excluding hydrogens is 462 g/mol. The molecule has 4 aromatic rings. The fourth-order valence-electron chi connectivity index (χ4n) is 5.82. The maximum absolute atomic E-state index is 13.8. The van der Waals surface area contributed by atoms with E-state index in [2.05, 4.69) is 65.1 Å². The summed E-state index contributed by atoms with van der Waals surface area (Å²) in [5, 5.41) is 14.5. The summed E-state index contributed by atoms with van der Waals surface area (Å²) in [5.74, 6) is 2.27. The Kier molecular flexibility index (Phi) is 7.35. The van der Waals surface area contributed by atoms with E-state index in [0.717, 1.165) is 53.8 Å². The van der Waals surface area contributed by atoms with Crippen molar-refractivity contribution >= 4 is 0 Å². The highest BCUT2D eigenvalue weighted by atomic mass is 16.1. The van der Waals surface area contributed by atoms with Crippen molar-refractivity contribution in [3.8, 4) is 22.6 Å². The van der Waals surface area contributed by atoms with Crippen LogP contribution in [-0.2, 0) is 13.0 Å². The lowest BCUT2D eigenvalue weighted by Gasteiger charge is -2.47. The molecule has 3 unspecified atom stereocenters. The number of imidazole rings is 1. The number of nitrogens with zero attached hydrogens (tertiary/aromatic N) is 6. The van der Waals surface area contributed by atoms with Crippen molar-refractivity contribution in [1.29, 1.82) is 0 Å². The van der Waals surface area contributed by atoms with E-state index in [1.165, 1.54) is 6.42 Å². The molecule has 5 rings (SSSR count). The molecule has 0 radical (unpaired) electrons. The maximum atomic E-state index is 13.8. The van der Waals surface area contributed by atoms with Crippen molar-refractivity contribution in [3.05, 3.63) is 70.5 Å².